The van der Waals surface area contributed by atoms with E-state index in [9.17, 15) is 4.39 Å². The molecule has 0 saturated heterocycles. The lowest BCUT2D eigenvalue weighted by atomic mass is 9.96. The van der Waals surface area contributed by atoms with Gasteiger partial charge in [-0.3, -0.25) is 4.68 Å². The van der Waals surface area contributed by atoms with Crippen LogP contribution in [0.4, 0.5) is 10.2 Å². The van der Waals surface area contributed by atoms with Gasteiger partial charge in [-0.15, -0.1) is 0 Å². The molecule has 0 aliphatic rings. The number of rotatable bonds is 4. The Morgan fingerprint density at radius 3 is 2.19 bits per heavy atom. The van der Waals surface area contributed by atoms with Gasteiger partial charge in [0, 0.05) is 24.2 Å². The lowest BCUT2D eigenvalue weighted by Gasteiger charge is -2.20. The Bertz CT molecular complexity index is 640. The van der Waals surface area contributed by atoms with Crippen LogP contribution in [0.5, 0.6) is 11.5 Å². The van der Waals surface area contributed by atoms with E-state index in [1.54, 1.807) is 29.9 Å². The minimum absolute atomic E-state index is 0.425. The minimum Gasteiger partial charge on any atom is -0.496 e. The van der Waals surface area contributed by atoms with Crippen LogP contribution in [0, 0.1) is 0 Å². The van der Waals surface area contributed by atoms with Gasteiger partial charge in [-0.25, -0.2) is 4.39 Å². The quantitative estimate of drug-likeness (QED) is 0.941. The number of ether oxygens (including phenoxy) is 2. The fraction of sp³-hybridized carbons (Fsp3) is 0.400. The highest BCUT2D eigenvalue weighted by Gasteiger charge is 2.26. The molecule has 0 radical (unpaired) electrons. The zero-order chi connectivity index (χ0) is 15.8. The highest BCUT2D eigenvalue weighted by Crippen LogP contribution is 2.41. The predicted molar refractivity (Wildman–Crippen MR) is 80.3 cm³/mol. The van der Waals surface area contributed by atoms with E-state index in [0.717, 1.165) is 0 Å². The standard InChI is InChI=1S/C15H20FN3O2/c1-15(2,16)10-7-12(20-4)9(6-13(10)21-5)11-8-14(17)19(3)18-11/h6-8H,17H2,1-5H3. The molecule has 1 aromatic carbocycles. The van der Waals surface area contributed by atoms with Gasteiger partial charge in [0.15, 0.2) is 0 Å². The van der Waals surface area contributed by atoms with Gasteiger partial charge >= 0.3 is 0 Å². The van der Waals surface area contributed by atoms with Gasteiger partial charge in [-0.1, -0.05) is 0 Å². The number of halogens is 1. The number of methoxy groups -OCH3 is 2. The minimum atomic E-state index is -1.54. The first-order chi connectivity index (χ1) is 9.77. The van der Waals surface area contributed by atoms with Crippen LogP contribution in [-0.2, 0) is 12.7 Å². The monoisotopic (exact) mass is 293 g/mol. The van der Waals surface area contributed by atoms with Crippen LogP contribution in [0.2, 0.25) is 0 Å². The topological polar surface area (TPSA) is 62.3 Å². The maximum atomic E-state index is 14.3. The third-order valence-electron chi connectivity index (χ3n) is 3.35. The second kappa shape index (κ2) is 5.27. The first kappa shape index (κ1) is 15.2. The number of nitrogens with two attached hydrogens (primary N) is 1. The number of nitrogen functional groups attached to an aromatic ring is 1. The van der Waals surface area contributed by atoms with Gasteiger partial charge in [0.1, 0.15) is 23.0 Å². The van der Waals surface area contributed by atoms with E-state index >= 15 is 0 Å². The summed E-state index contributed by atoms with van der Waals surface area (Å²) >= 11 is 0. The molecule has 0 aliphatic carbocycles. The third-order valence-corrected chi connectivity index (χ3v) is 3.35. The SMILES string of the molecule is COc1cc(C(C)(C)F)c(OC)cc1-c1cc(N)n(C)n1. The van der Waals surface area contributed by atoms with Crippen LogP contribution in [-0.4, -0.2) is 24.0 Å². The largest absolute Gasteiger partial charge is 0.496 e. The summed E-state index contributed by atoms with van der Waals surface area (Å²) < 4.78 is 26.6. The molecule has 2 N–H and O–H groups in total. The Morgan fingerprint density at radius 1 is 1.14 bits per heavy atom. The zero-order valence-electron chi connectivity index (χ0n) is 12.9. The summed E-state index contributed by atoms with van der Waals surface area (Å²) in [6.45, 7) is 2.95. The number of aromatic nitrogens is 2. The lowest BCUT2D eigenvalue weighted by molar-refractivity contribution is 0.212. The summed E-state index contributed by atoms with van der Waals surface area (Å²) in [5.74, 6) is 1.50. The van der Waals surface area contributed by atoms with Crippen molar-refractivity contribution in [3.63, 3.8) is 0 Å². The van der Waals surface area contributed by atoms with Gasteiger partial charge < -0.3 is 15.2 Å². The number of aryl methyl sites for hydroxylation is 1. The summed E-state index contributed by atoms with van der Waals surface area (Å²) in [7, 11) is 4.79. The fourth-order valence-electron chi connectivity index (χ4n) is 2.18. The average Bonchev–Trinajstić information content (AvgIpc) is 2.76. The highest BCUT2D eigenvalue weighted by molar-refractivity contribution is 5.72. The van der Waals surface area contributed by atoms with E-state index in [1.165, 1.54) is 28.1 Å². The van der Waals surface area contributed by atoms with Crippen LogP contribution >= 0.6 is 0 Å². The molecule has 0 amide bonds. The normalized spacial score (nSPS) is 11.5. The Hall–Kier alpha value is -2.24. The molecule has 1 aromatic heterocycles. The predicted octanol–water partition coefficient (Wildman–Crippen LogP) is 2.89. The van der Waals surface area contributed by atoms with Crippen molar-refractivity contribution < 1.29 is 13.9 Å². The van der Waals surface area contributed by atoms with E-state index in [-0.39, 0.29) is 0 Å². The van der Waals surface area contributed by atoms with E-state index in [0.29, 0.717) is 34.1 Å². The van der Waals surface area contributed by atoms with E-state index in [2.05, 4.69) is 5.10 Å². The Morgan fingerprint density at radius 2 is 1.76 bits per heavy atom. The van der Waals surface area contributed by atoms with Crippen LogP contribution in [0.1, 0.15) is 19.4 Å². The second-order valence-corrected chi connectivity index (χ2v) is 5.30. The molecule has 1 heterocycles. The Kier molecular flexibility index (Phi) is 3.80. The van der Waals surface area contributed by atoms with Crippen molar-refractivity contribution in [1.82, 2.24) is 9.78 Å². The molecule has 5 nitrogen and oxygen atoms in total. The highest BCUT2D eigenvalue weighted by atomic mass is 19.1. The summed E-state index contributed by atoms with van der Waals surface area (Å²) in [4.78, 5) is 0. The van der Waals surface area contributed by atoms with Crippen LogP contribution < -0.4 is 15.2 Å². The van der Waals surface area contributed by atoms with Gasteiger partial charge in [0.25, 0.3) is 0 Å². The van der Waals surface area contributed by atoms with Crippen molar-refractivity contribution in [2.24, 2.45) is 7.05 Å². The third kappa shape index (κ3) is 2.79. The molecule has 2 aromatic rings. The summed E-state index contributed by atoms with van der Waals surface area (Å²) in [5.41, 5.74) is 6.04. The zero-order valence-corrected chi connectivity index (χ0v) is 12.9. The van der Waals surface area contributed by atoms with E-state index in [4.69, 9.17) is 15.2 Å². The van der Waals surface area contributed by atoms with Gasteiger partial charge in [-0.05, 0) is 26.0 Å². The van der Waals surface area contributed by atoms with Crippen molar-refractivity contribution in [3.8, 4) is 22.8 Å². The van der Waals surface area contributed by atoms with E-state index in [1.807, 2.05) is 0 Å². The Balaban J connectivity index is 2.67. The van der Waals surface area contributed by atoms with Gasteiger partial charge in [-0.2, -0.15) is 5.10 Å². The molecule has 0 atom stereocenters. The lowest BCUT2D eigenvalue weighted by Crippen LogP contribution is -2.11. The maximum Gasteiger partial charge on any atom is 0.134 e. The molecular formula is C15H20FN3O2. The molecule has 0 saturated carbocycles. The molecule has 0 bridgehead atoms. The number of anilines is 1. The van der Waals surface area contributed by atoms with Crippen molar-refractivity contribution >= 4 is 5.82 Å². The summed E-state index contributed by atoms with van der Waals surface area (Å²) in [6.07, 6.45) is 0. The summed E-state index contributed by atoms with van der Waals surface area (Å²) in [5, 5.41) is 4.32. The molecule has 2 rings (SSSR count). The molecule has 0 aliphatic heterocycles. The second-order valence-electron chi connectivity index (χ2n) is 5.30. The molecule has 0 fully saturated rings. The molecule has 0 unspecified atom stereocenters. The molecule has 6 heteroatoms. The molecule has 114 valence electrons. The van der Waals surface area contributed by atoms with Crippen molar-refractivity contribution in [3.05, 3.63) is 23.8 Å². The van der Waals surface area contributed by atoms with Crippen LogP contribution in [0.15, 0.2) is 18.2 Å². The number of benzene rings is 1. The number of hydrogen-bond donors (Lipinski definition) is 1. The summed E-state index contributed by atoms with van der Waals surface area (Å²) in [6, 6.07) is 5.09. The first-order valence-corrected chi connectivity index (χ1v) is 6.53. The average molecular weight is 293 g/mol. The van der Waals surface area contributed by atoms with Crippen molar-refractivity contribution in [2.45, 2.75) is 19.5 Å². The first-order valence-electron chi connectivity index (χ1n) is 6.53. The molecular weight excluding hydrogens is 273 g/mol. The smallest absolute Gasteiger partial charge is 0.134 e. The maximum absolute atomic E-state index is 14.3. The number of nitrogens with zero attached hydrogens (tertiary/aromatic N) is 2. The van der Waals surface area contributed by atoms with Crippen molar-refractivity contribution in [2.75, 3.05) is 20.0 Å². The van der Waals surface area contributed by atoms with Crippen LogP contribution in [0.25, 0.3) is 11.3 Å². The van der Waals surface area contributed by atoms with Gasteiger partial charge in [0.2, 0.25) is 0 Å². The van der Waals surface area contributed by atoms with E-state index < -0.39 is 5.67 Å². The van der Waals surface area contributed by atoms with Crippen LogP contribution in [0.3, 0.4) is 0 Å². The number of alkyl halides is 1. The molecule has 21 heavy (non-hydrogen) atoms. The number of hydrogen-bond acceptors (Lipinski definition) is 4. The Labute approximate surface area is 123 Å². The van der Waals surface area contributed by atoms with Gasteiger partial charge in [0.05, 0.1) is 19.9 Å². The van der Waals surface area contributed by atoms with Crippen molar-refractivity contribution in [1.29, 1.82) is 0 Å². The molecule has 0 spiro atoms. The fourth-order valence-corrected chi connectivity index (χ4v) is 2.18.